The van der Waals surface area contributed by atoms with E-state index < -0.39 is 0 Å². The highest BCUT2D eigenvalue weighted by Gasteiger charge is 2.29. The molecule has 1 aromatic heterocycles. The number of aromatic nitrogens is 4. The maximum Gasteiger partial charge on any atom is 0.209 e. The van der Waals surface area contributed by atoms with Gasteiger partial charge in [-0.25, -0.2) is 4.68 Å². The van der Waals surface area contributed by atoms with Crippen LogP contribution in [0.1, 0.15) is 24.4 Å². The van der Waals surface area contributed by atoms with Crippen LogP contribution in [0.15, 0.2) is 34.4 Å². The van der Waals surface area contributed by atoms with E-state index in [0.29, 0.717) is 11.3 Å². The van der Waals surface area contributed by atoms with Gasteiger partial charge in [0.2, 0.25) is 5.16 Å². The second kappa shape index (κ2) is 6.52. The zero-order valence-electron chi connectivity index (χ0n) is 12.8. The molecule has 4 rings (SSSR count). The third-order valence-corrected chi connectivity index (χ3v) is 6.35. The number of ether oxygens (including phenoxy) is 1. The summed E-state index contributed by atoms with van der Waals surface area (Å²) < 4.78 is 7.17. The van der Waals surface area contributed by atoms with Gasteiger partial charge in [-0.1, -0.05) is 11.8 Å². The fourth-order valence-electron chi connectivity index (χ4n) is 2.39. The highest BCUT2D eigenvalue weighted by molar-refractivity contribution is 8.16. The van der Waals surface area contributed by atoms with E-state index in [1.54, 1.807) is 18.9 Å². The maximum atomic E-state index is 5.20. The Morgan fingerprint density at radius 2 is 2.13 bits per heavy atom. The summed E-state index contributed by atoms with van der Waals surface area (Å²) in [6.07, 6.45) is 2.39. The molecule has 0 amide bonds. The maximum absolute atomic E-state index is 5.20. The molecule has 1 aliphatic heterocycles. The summed E-state index contributed by atoms with van der Waals surface area (Å²) in [5, 5.41) is 14.6. The van der Waals surface area contributed by atoms with Crippen molar-refractivity contribution in [3.63, 3.8) is 0 Å². The molecule has 0 spiro atoms. The molecule has 120 valence electrons. The average molecular weight is 347 g/mol. The second-order valence-electron chi connectivity index (χ2n) is 5.56. The van der Waals surface area contributed by atoms with Crippen molar-refractivity contribution in [3.05, 3.63) is 29.8 Å². The topological polar surface area (TPSA) is 65.2 Å². The second-order valence-corrected chi connectivity index (χ2v) is 7.84. The Labute approximate surface area is 143 Å². The fraction of sp³-hybridized carbons (Fsp3) is 0.467. The Bertz CT molecular complexity index is 711. The van der Waals surface area contributed by atoms with E-state index in [4.69, 9.17) is 4.74 Å². The predicted molar refractivity (Wildman–Crippen MR) is 92.6 cm³/mol. The predicted octanol–water partition coefficient (Wildman–Crippen LogP) is 2.67. The van der Waals surface area contributed by atoms with Gasteiger partial charge in [-0.2, -0.15) is 0 Å². The van der Waals surface area contributed by atoms with Crippen LogP contribution in [-0.4, -0.2) is 49.9 Å². The molecule has 0 saturated heterocycles. The quantitative estimate of drug-likeness (QED) is 0.749. The van der Waals surface area contributed by atoms with Crippen molar-refractivity contribution in [2.45, 2.75) is 29.3 Å². The van der Waals surface area contributed by atoms with Gasteiger partial charge in [-0.15, -0.1) is 16.9 Å². The normalized spacial score (nSPS) is 20.6. The van der Waals surface area contributed by atoms with Crippen LogP contribution >= 0.6 is 23.5 Å². The molecule has 1 aliphatic carbocycles. The molecule has 1 fully saturated rings. The first-order valence-electron chi connectivity index (χ1n) is 7.59. The largest absolute Gasteiger partial charge is 0.497 e. The molecule has 23 heavy (non-hydrogen) atoms. The van der Waals surface area contributed by atoms with Crippen molar-refractivity contribution in [2.75, 3.05) is 19.4 Å². The number of methoxy groups -OCH3 is 1. The van der Waals surface area contributed by atoms with Crippen LogP contribution in [-0.2, 0) is 0 Å². The molecule has 1 atom stereocenters. The van der Waals surface area contributed by atoms with Crippen LogP contribution in [0.4, 0.5) is 0 Å². The molecule has 1 aromatic carbocycles. The molecule has 1 saturated carbocycles. The first-order chi connectivity index (χ1) is 11.3. The number of aliphatic imine (C=N–C) groups is 1. The number of hydrogen-bond donors (Lipinski definition) is 0. The van der Waals surface area contributed by atoms with Gasteiger partial charge in [0, 0.05) is 16.6 Å². The highest BCUT2D eigenvalue weighted by atomic mass is 32.2. The van der Waals surface area contributed by atoms with Gasteiger partial charge in [-0.05, 0) is 47.5 Å². The van der Waals surface area contributed by atoms with Gasteiger partial charge in [0.15, 0.2) is 0 Å². The van der Waals surface area contributed by atoms with Gasteiger partial charge in [0.25, 0.3) is 0 Å². The van der Waals surface area contributed by atoms with Crippen LogP contribution in [0.2, 0.25) is 0 Å². The standard InChI is InChI=1S/C15H17N5OS2/c1-21-12-6-2-10(3-7-12)14-16-8-13(23-14)9-22-15-17-18-19-20(15)11-4-5-11/h2-3,6-7,11,13H,4-5,8-9H2,1H3/t13-/m0/s1. The Morgan fingerprint density at radius 1 is 1.30 bits per heavy atom. The van der Waals surface area contributed by atoms with E-state index in [0.717, 1.165) is 33.8 Å². The van der Waals surface area contributed by atoms with Crippen molar-refractivity contribution < 1.29 is 4.74 Å². The summed E-state index contributed by atoms with van der Waals surface area (Å²) in [6, 6.07) is 8.60. The number of nitrogens with zero attached hydrogens (tertiary/aromatic N) is 5. The number of thioether (sulfide) groups is 2. The lowest BCUT2D eigenvalue weighted by Gasteiger charge is -2.08. The lowest BCUT2D eigenvalue weighted by atomic mass is 10.2. The van der Waals surface area contributed by atoms with E-state index in [9.17, 15) is 0 Å². The minimum atomic E-state index is 0.474. The summed E-state index contributed by atoms with van der Waals surface area (Å²) in [7, 11) is 1.68. The summed E-state index contributed by atoms with van der Waals surface area (Å²) in [4.78, 5) is 4.68. The van der Waals surface area contributed by atoms with Gasteiger partial charge in [0.05, 0.1) is 24.7 Å². The summed E-state index contributed by atoms with van der Waals surface area (Å²) in [5.74, 6) is 1.84. The number of benzene rings is 1. The Hall–Kier alpha value is -1.54. The first kappa shape index (κ1) is 15.0. The van der Waals surface area contributed by atoms with Crippen molar-refractivity contribution in [1.82, 2.24) is 20.2 Å². The van der Waals surface area contributed by atoms with Crippen LogP contribution in [0.3, 0.4) is 0 Å². The Kier molecular flexibility index (Phi) is 4.26. The van der Waals surface area contributed by atoms with Crippen molar-refractivity contribution in [2.24, 2.45) is 4.99 Å². The van der Waals surface area contributed by atoms with Crippen molar-refractivity contribution in [3.8, 4) is 5.75 Å². The molecular weight excluding hydrogens is 330 g/mol. The number of hydrogen-bond acceptors (Lipinski definition) is 7. The average Bonchev–Trinajstić information content (AvgIpc) is 3.14. The van der Waals surface area contributed by atoms with Gasteiger partial charge >= 0.3 is 0 Å². The molecule has 0 radical (unpaired) electrons. The first-order valence-corrected chi connectivity index (χ1v) is 9.46. The summed E-state index contributed by atoms with van der Waals surface area (Å²) in [5.41, 5.74) is 1.16. The molecule has 0 bridgehead atoms. The van der Waals surface area contributed by atoms with Gasteiger partial charge < -0.3 is 4.74 Å². The monoisotopic (exact) mass is 347 g/mol. The minimum Gasteiger partial charge on any atom is -0.497 e. The van der Waals surface area contributed by atoms with E-state index in [1.165, 1.54) is 12.8 Å². The molecule has 2 heterocycles. The third kappa shape index (κ3) is 3.37. The highest BCUT2D eigenvalue weighted by Crippen LogP contribution is 2.37. The lowest BCUT2D eigenvalue weighted by molar-refractivity contribution is 0.415. The number of rotatable bonds is 6. The van der Waals surface area contributed by atoms with Crippen LogP contribution in [0, 0.1) is 0 Å². The minimum absolute atomic E-state index is 0.474. The molecule has 6 nitrogen and oxygen atoms in total. The van der Waals surface area contributed by atoms with Crippen LogP contribution < -0.4 is 4.74 Å². The summed E-state index contributed by atoms with van der Waals surface area (Å²) >= 11 is 3.57. The molecular formula is C15H17N5OS2. The summed E-state index contributed by atoms with van der Waals surface area (Å²) in [6.45, 7) is 0.851. The zero-order valence-corrected chi connectivity index (χ0v) is 14.4. The van der Waals surface area contributed by atoms with Gasteiger partial charge in [-0.3, -0.25) is 4.99 Å². The Morgan fingerprint density at radius 3 is 2.87 bits per heavy atom. The smallest absolute Gasteiger partial charge is 0.209 e. The molecule has 0 unspecified atom stereocenters. The third-order valence-electron chi connectivity index (χ3n) is 3.81. The van der Waals surface area contributed by atoms with E-state index >= 15 is 0 Å². The van der Waals surface area contributed by atoms with Crippen LogP contribution in [0.25, 0.3) is 0 Å². The molecule has 8 heteroatoms. The Balaban J connectivity index is 1.33. The fourth-order valence-corrected chi connectivity index (χ4v) is 4.61. The van der Waals surface area contributed by atoms with Crippen LogP contribution in [0.5, 0.6) is 5.75 Å². The molecule has 0 N–H and O–H groups in total. The van der Waals surface area contributed by atoms with Crippen molar-refractivity contribution in [1.29, 1.82) is 0 Å². The SMILES string of the molecule is COc1ccc(C2=NC[C@@H](CSc3nnnn3C3CC3)S2)cc1. The van der Waals surface area contributed by atoms with Crippen molar-refractivity contribution >= 4 is 28.6 Å². The van der Waals surface area contributed by atoms with E-state index in [1.807, 2.05) is 28.6 Å². The molecule has 2 aromatic rings. The van der Waals surface area contributed by atoms with E-state index in [-0.39, 0.29) is 0 Å². The zero-order chi connectivity index (χ0) is 15.6. The lowest BCUT2D eigenvalue weighted by Crippen LogP contribution is -2.08. The van der Waals surface area contributed by atoms with Gasteiger partial charge in [0.1, 0.15) is 5.75 Å². The van der Waals surface area contributed by atoms with E-state index in [2.05, 4.69) is 32.7 Å². The molecule has 2 aliphatic rings. The number of tetrazole rings is 1.